The normalized spacial score (nSPS) is 30.8. The van der Waals surface area contributed by atoms with Crippen molar-refractivity contribution in [1.29, 1.82) is 0 Å². The van der Waals surface area contributed by atoms with Gasteiger partial charge in [-0.05, 0) is 40.0 Å². The van der Waals surface area contributed by atoms with Gasteiger partial charge < -0.3 is 24.1 Å². The largest absolute Gasteiger partial charge is 0.387 e. The molecule has 5 heteroatoms. The van der Waals surface area contributed by atoms with Crippen molar-refractivity contribution in [2.75, 3.05) is 13.2 Å². The third-order valence-corrected chi connectivity index (χ3v) is 3.03. The van der Waals surface area contributed by atoms with Crippen molar-refractivity contribution >= 4 is 0 Å². The number of aliphatic hydroxyl groups excluding tert-OH is 1. The van der Waals surface area contributed by atoms with E-state index in [0.717, 1.165) is 0 Å². The molecular weight excluding hydrogens is 284 g/mol. The second kappa shape index (κ2) is 7.58. The van der Waals surface area contributed by atoms with Gasteiger partial charge in [-0.25, -0.2) is 0 Å². The van der Waals surface area contributed by atoms with Gasteiger partial charge >= 0.3 is 0 Å². The van der Waals surface area contributed by atoms with Gasteiger partial charge in [-0.1, -0.05) is 20.8 Å². The van der Waals surface area contributed by atoms with E-state index in [4.69, 9.17) is 18.9 Å². The molecule has 1 fully saturated rings. The van der Waals surface area contributed by atoms with Gasteiger partial charge in [-0.3, -0.25) is 0 Å². The van der Waals surface area contributed by atoms with Crippen LogP contribution in [0.3, 0.4) is 0 Å². The zero-order chi connectivity index (χ0) is 17.1. The molecule has 1 N–H and O–H groups in total. The van der Waals surface area contributed by atoms with Crippen molar-refractivity contribution in [2.45, 2.75) is 91.7 Å². The lowest BCUT2D eigenvalue weighted by Gasteiger charge is -2.42. The lowest BCUT2D eigenvalue weighted by molar-refractivity contribution is -0.305. The number of rotatable bonds is 5. The van der Waals surface area contributed by atoms with E-state index >= 15 is 0 Å². The van der Waals surface area contributed by atoms with E-state index in [1.165, 1.54) is 0 Å². The quantitative estimate of drug-likeness (QED) is 0.844. The average molecular weight is 318 g/mol. The van der Waals surface area contributed by atoms with E-state index in [2.05, 4.69) is 20.8 Å². The predicted molar refractivity (Wildman–Crippen MR) is 85.8 cm³/mol. The first kappa shape index (κ1) is 19.8. The van der Waals surface area contributed by atoms with Crippen LogP contribution in [0.25, 0.3) is 0 Å². The zero-order valence-electron chi connectivity index (χ0n) is 15.4. The molecular formula is C17H34O5. The molecule has 0 aromatic rings. The van der Waals surface area contributed by atoms with Crippen molar-refractivity contribution in [1.82, 2.24) is 0 Å². The fourth-order valence-corrected chi connectivity index (χ4v) is 2.25. The molecule has 4 atom stereocenters. The van der Waals surface area contributed by atoms with E-state index in [1.807, 2.05) is 34.6 Å². The molecule has 4 unspecified atom stereocenters. The first-order valence-corrected chi connectivity index (χ1v) is 8.13. The second-order valence-corrected chi connectivity index (χ2v) is 8.48. The van der Waals surface area contributed by atoms with E-state index in [9.17, 15) is 5.11 Å². The van der Waals surface area contributed by atoms with Gasteiger partial charge in [0.25, 0.3) is 0 Å². The smallest absolute Gasteiger partial charge is 0.186 e. The van der Waals surface area contributed by atoms with Crippen molar-refractivity contribution in [3.8, 4) is 0 Å². The van der Waals surface area contributed by atoms with Crippen LogP contribution in [0.1, 0.15) is 55.4 Å². The summed E-state index contributed by atoms with van der Waals surface area (Å²) in [5.74, 6) is 0. The van der Waals surface area contributed by atoms with Crippen LogP contribution in [0, 0.1) is 5.41 Å². The summed E-state index contributed by atoms with van der Waals surface area (Å²) in [5.41, 5.74) is -0.327. The Morgan fingerprint density at radius 1 is 1.14 bits per heavy atom. The summed E-state index contributed by atoms with van der Waals surface area (Å²) in [6.45, 7) is 16.9. The molecule has 5 nitrogen and oxygen atoms in total. The topological polar surface area (TPSA) is 57.2 Å². The summed E-state index contributed by atoms with van der Waals surface area (Å²) >= 11 is 0. The fraction of sp³-hybridized carbons (Fsp3) is 1.00. The van der Waals surface area contributed by atoms with Crippen LogP contribution in [0.2, 0.25) is 0 Å². The average Bonchev–Trinajstić information content (AvgIpc) is 2.30. The Hall–Kier alpha value is -0.200. The molecule has 132 valence electrons. The van der Waals surface area contributed by atoms with Gasteiger partial charge in [0.05, 0.1) is 24.9 Å². The number of ether oxygens (including phenoxy) is 4. The molecule has 22 heavy (non-hydrogen) atoms. The maximum absolute atomic E-state index is 10.6. The third kappa shape index (κ3) is 6.92. The van der Waals surface area contributed by atoms with Gasteiger partial charge in [-0.2, -0.15) is 0 Å². The van der Waals surface area contributed by atoms with Crippen LogP contribution in [-0.2, 0) is 18.9 Å². The van der Waals surface area contributed by atoms with Crippen LogP contribution >= 0.6 is 0 Å². The maximum Gasteiger partial charge on any atom is 0.186 e. The second-order valence-electron chi connectivity index (χ2n) is 8.48. The highest BCUT2D eigenvalue weighted by Crippen LogP contribution is 2.27. The lowest BCUT2D eigenvalue weighted by atomic mass is 9.98. The first-order valence-electron chi connectivity index (χ1n) is 8.13. The molecule has 1 heterocycles. The Bertz CT molecular complexity index is 327. The molecule has 0 spiro atoms. The van der Waals surface area contributed by atoms with Crippen LogP contribution in [0.15, 0.2) is 0 Å². The number of aliphatic hydroxyl groups is 1. The highest BCUT2D eigenvalue weighted by Gasteiger charge is 2.43. The highest BCUT2D eigenvalue weighted by molar-refractivity contribution is 4.87. The summed E-state index contributed by atoms with van der Waals surface area (Å²) < 4.78 is 23.4. The Kier molecular flexibility index (Phi) is 6.84. The van der Waals surface area contributed by atoms with Crippen molar-refractivity contribution in [2.24, 2.45) is 5.41 Å². The number of hydrogen-bond donors (Lipinski definition) is 1. The first-order chi connectivity index (χ1) is 9.89. The Morgan fingerprint density at radius 3 is 2.18 bits per heavy atom. The predicted octanol–water partition coefficient (Wildman–Crippen LogP) is 2.74. The fourth-order valence-electron chi connectivity index (χ4n) is 2.25. The van der Waals surface area contributed by atoms with Crippen LogP contribution in [0.5, 0.6) is 0 Å². The zero-order valence-corrected chi connectivity index (χ0v) is 15.4. The van der Waals surface area contributed by atoms with E-state index < -0.39 is 24.6 Å². The van der Waals surface area contributed by atoms with Crippen molar-refractivity contribution < 1.29 is 24.1 Å². The van der Waals surface area contributed by atoms with Crippen LogP contribution < -0.4 is 0 Å². The molecule has 0 aromatic heterocycles. The molecule has 0 amide bonds. The summed E-state index contributed by atoms with van der Waals surface area (Å²) in [7, 11) is 0. The summed E-state index contributed by atoms with van der Waals surface area (Å²) in [6, 6.07) is 0. The van der Waals surface area contributed by atoms with Gasteiger partial charge in [0.2, 0.25) is 0 Å². The monoisotopic (exact) mass is 318 g/mol. The minimum absolute atomic E-state index is 0.0233. The molecule has 0 radical (unpaired) electrons. The molecule has 1 aliphatic rings. The molecule has 1 rings (SSSR count). The van der Waals surface area contributed by atoms with Crippen LogP contribution in [-0.4, -0.2) is 54.6 Å². The number of hydrogen-bond acceptors (Lipinski definition) is 5. The molecule has 0 saturated carbocycles. The van der Waals surface area contributed by atoms with Gasteiger partial charge in [0.15, 0.2) is 6.29 Å². The molecule has 0 aromatic carbocycles. The Labute approximate surface area is 135 Å². The Morgan fingerprint density at radius 2 is 1.73 bits per heavy atom. The van der Waals surface area contributed by atoms with Gasteiger partial charge in [-0.15, -0.1) is 0 Å². The molecule has 0 bridgehead atoms. The van der Waals surface area contributed by atoms with E-state index in [0.29, 0.717) is 13.2 Å². The summed E-state index contributed by atoms with van der Waals surface area (Å²) in [4.78, 5) is 0. The van der Waals surface area contributed by atoms with E-state index in [1.54, 1.807) is 0 Å². The summed E-state index contributed by atoms with van der Waals surface area (Å²) in [6.07, 6.45) is -2.35. The van der Waals surface area contributed by atoms with Crippen LogP contribution in [0.4, 0.5) is 0 Å². The SMILES string of the molecule is CC(C)OC1C(OCC(C)(C)C)OCC(OC(C)(C)C)C1O. The summed E-state index contributed by atoms with van der Waals surface area (Å²) in [5, 5.41) is 10.6. The lowest BCUT2D eigenvalue weighted by Crippen LogP contribution is -2.58. The third-order valence-electron chi connectivity index (χ3n) is 3.03. The minimum atomic E-state index is -0.777. The van der Waals surface area contributed by atoms with Crippen molar-refractivity contribution in [3.05, 3.63) is 0 Å². The van der Waals surface area contributed by atoms with Gasteiger partial charge in [0.1, 0.15) is 18.3 Å². The maximum atomic E-state index is 10.6. The van der Waals surface area contributed by atoms with Crippen molar-refractivity contribution in [3.63, 3.8) is 0 Å². The molecule has 1 aliphatic heterocycles. The highest BCUT2D eigenvalue weighted by atomic mass is 16.7. The standard InChI is InChI=1S/C17H34O5/c1-11(2)21-14-13(18)12(22-17(6,7)8)9-19-15(14)20-10-16(3,4)5/h11-15,18H,9-10H2,1-8H3. The molecule has 0 aliphatic carbocycles. The van der Waals surface area contributed by atoms with E-state index in [-0.39, 0.29) is 17.1 Å². The van der Waals surface area contributed by atoms with Gasteiger partial charge in [0, 0.05) is 0 Å². The minimum Gasteiger partial charge on any atom is -0.387 e. The molecule has 1 saturated heterocycles. The Balaban J connectivity index is 2.75.